The Bertz CT molecular complexity index is 336. The van der Waals surface area contributed by atoms with E-state index < -0.39 is 0 Å². The molecule has 3 nitrogen and oxygen atoms in total. The lowest BCUT2D eigenvalue weighted by molar-refractivity contribution is 0.523. The molecule has 1 aliphatic rings. The zero-order valence-corrected chi connectivity index (χ0v) is 9.00. The standard InChI is InChI=1S/C12H19N3/c13-6-1-7-15-12-5-2-9-8-10(14)3-4-11(9)12/h3-4,8,12,15H,1-2,5-7,13-14H2. The largest absolute Gasteiger partial charge is 0.399 e. The SMILES string of the molecule is NCCCNC1CCc2cc(N)ccc21. The fraction of sp³-hybridized carbons (Fsp3) is 0.500. The van der Waals surface area contributed by atoms with Gasteiger partial charge in [-0.25, -0.2) is 0 Å². The molecule has 0 radical (unpaired) electrons. The summed E-state index contributed by atoms with van der Waals surface area (Å²) in [4.78, 5) is 0. The lowest BCUT2D eigenvalue weighted by Gasteiger charge is -2.13. The molecule has 0 spiro atoms. The van der Waals surface area contributed by atoms with Gasteiger partial charge in [-0.15, -0.1) is 0 Å². The molecule has 1 aromatic rings. The Morgan fingerprint density at radius 2 is 2.27 bits per heavy atom. The molecule has 1 aromatic carbocycles. The highest BCUT2D eigenvalue weighted by Crippen LogP contribution is 2.32. The molecule has 1 unspecified atom stereocenters. The Morgan fingerprint density at radius 3 is 3.07 bits per heavy atom. The molecule has 3 heteroatoms. The molecule has 0 heterocycles. The van der Waals surface area contributed by atoms with Gasteiger partial charge in [0, 0.05) is 11.7 Å². The minimum atomic E-state index is 0.507. The molecule has 0 aromatic heterocycles. The summed E-state index contributed by atoms with van der Waals surface area (Å²) in [6.45, 7) is 1.76. The molecule has 15 heavy (non-hydrogen) atoms. The molecule has 0 fully saturated rings. The van der Waals surface area contributed by atoms with Crippen LogP contribution in [0.15, 0.2) is 18.2 Å². The summed E-state index contributed by atoms with van der Waals surface area (Å²) in [6.07, 6.45) is 3.37. The van der Waals surface area contributed by atoms with E-state index in [1.807, 2.05) is 6.07 Å². The van der Waals surface area contributed by atoms with Gasteiger partial charge in [-0.2, -0.15) is 0 Å². The number of aryl methyl sites for hydroxylation is 1. The van der Waals surface area contributed by atoms with Crippen LogP contribution in [0.1, 0.15) is 30.0 Å². The van der Waals surface area contributed by atoms with Crippen LogP contribution < -0.4 is 16.8 Å². The third-order valence-corrected chi connectivity index (χ3v) is 3.02. The van der Waals surface area contributed by atoms with Crippen LogP contribution in [0.25, 0.3) is 0 Å². The molecule has 82 valence electrons. The Balaban J connectivity index is 2.02. The van der Waals surface area contributed by atoms with Gasteiger partial charge in [0.2, 0.25) is 0 Å². The second-order valence-corrected chi connectivity index (χ2v) is 4.15. The zero-order chi connectivity index (χ0) is 10.7. The van der Waals surface area contributed by atoms with Crippen molar-refractivity contribution in [2.24, 2.45) is 5.73 Å². The monoisotopic (exact) mass is 205 g/mol. The van der Waals surface area contributed by atoms with E-state index in [0.29, 0.717) is 6.04 Å². The topological polar surface area (TPSA) is 64.1 Å². The summed E-state index contributed by atoms with van der Waals surface area (Å²) in [5.74, 6) is 0. The first kappa shape index (κ1) is 10.5. The van der Waals surface area contributed by atoms with Crippen LogP contribution in [0.3, 0.4) is 0 Å². The van der Waals surface area contributed by atoms with Gasteiger partial charge in [-0.05, 0) is 55.6 Å². The van der Waals surface area contributed by atoms with Gasteiger partial charge < -0.3 is 16.8 Å². The zero-order valence-electron chi connectivity index (χ0n) is 9.00. The highest BCUT2D eigenvalue weighted by atomic mass is 14.9. The number of hydrogen-bond donors (Lipinski definition) is 3. The Hall–Kier alpha value is -1.06. The van der Waals surface area contributed by atoms with Crippen molar-refractivity contribution in [2.75, 3.05) is 18.8 Å². The summed E-state index contributed by atoms with van der Waals surface area (Å²) in [5.41, 5.74) is 14.9. The molecule has 5 N–H and O–H groups in total. The van der Waals surface area contributed by atoms with Gasteiger partial charge in [0.1, 0.15) is 0 Å². The first-order valence-corrected chi connectivity index (χ1v) is 5.63. The third-order valence-electron chi connectivity index (χ3n) is 3.02. The molecule has 2 rings (SSSR count). The van der Waals surface area contributed by atoms with Gasteiger partial charge in [0.25, 0.3) is 0 Å². The summed E-state index contributed by atoms with van der Waals surface area (Å²) in [6, 6.07) is 6.74. The van der Waals surface area contributed by atoms with E-state index in [0.717, 1.165) is 31.6 Å². The highest BCUT2D eigenvalue weighted by molar-refractivity contribution is 5.47. The molecule has 0 aliphatic heterocycles. The number of benzene rings is 1. The number of hydrogen-bond acceptors (Lipinski definition) is 3. The van der Waals surface area contributed by atoms with E-state index in [4.69, 9.17) is 11.5 Å². The van der Waals surface area contributed by atoms with Crippen molar-refractivity contribution >= 4 is 5.69 Å². The normalized spacial score (nSPS) is 19.1. The number of anilines is 1. The lowest BCUT2D eigenvalue weighted by atomic mass is 10.1. The fourth-order valence-electron chi connectivity index (χ4n) is 2.23. The van der Waals surface area contributed by atoms with Gasteiger partial charge in [0.15, 0.2) is 0 Å². The average Bonchev–Trinajstić information content (AvgIpc) is 2.61. The van der Waals surface area contributed by atoms with Crippen molar-refractivity contribution in [3.05, 3.63) is 29.3 Å². The van der Waals surface area contributed by atoms with Crippen molar-refractivity contribution < 1.29 is 0 Å². The molecular weight excluding hydrogens is 186 g/mol. The summed E-state index contributed by atoms with van der Waals surface area (Å²) in [5, 5.41) is 3.54. The molecule has 0 bridgehead atoms. The second kappa shape index (κ2) is 4.64. The Labute approximate surface area is 90.8 Å². The van der Waals surface area contributed by atoms with Crippen molar-refractivity contribution in [1.82, 2.24) is 5.32 Å². The number of rotatable bonds is 4. The van der Waals surface area contributed by atoms with E-state index in [1.165, 1.54) is 17.5 Å². The number of nitrogen functional groups attached to an aromatic ring is 1. The van der Waals surface area contributed by atoms with Gasteiger partial charge >= 0.3 is 0 Å². The second-order valence-electron chi connectivity index (χ2n) is 4.15. The van der Waals surface area contributed by atoms with Crippen LogP contribution >= 0.6 is 0 Å². The van der Waals surface area contributed by atoms with E-state index in [9.17, 15) is 0 Å². The molecule has 0 amide bonds. The summed E-state index contributed by atoms with van der Waals surface area (Å²) in [7, 11) is 0. The van der Waals surface area contributed by atoms with Crippen LogP contribution in [0.5, 0.6) is 0 Å². The van der Waals surface area contributed by atoms with E-state index >= 15 is 0 Å². The van der Waals surface area contributed by atoms with Crippen molar-refractivity contribution in [2.45, 2.75) is 25.3 Å². The van der Waals surface area contributed by atoms with E-state index in [1.54, 1.807) is 0 Å². The van der Waals surface area contributed by atoms with Crippen molar-refractivity contribution in [3.63, 3.8) is 0 Å². The van der Waals surface area contributed by atoms with E-state index in [2.05, 4.69) is 17.4 Å². The number of fused-ring (bicyclic) bond motifs is 1. The smallest absolute Gasteiger partial charge is 0.0326 e. The first-order valence-electron chi connectivity index (χ1n) is 5.63. The average molecular weight is 205 g/mol. The molecule has 1 atom stereocenters. The fourth-order valence-corrected chi connectivity index (χ4v) is 2.23. The van der Waals surface area contributed by atoms with Gasteiger partial charge in [-0.3, -0.25) is 0 Å². The van der Waals surface area contributed by atoms with Crippen molar-refractivity contribution in [3.8, 4) is 0 Å². The van der Waals surface area contributed by atoms with Crippen LogP contribution in [-0.4, -0.2) is 13.1 Å². The van der Waals surface area contributed by atoms with Crippen LogP contribution in [0.4, 0.5) is 5.69 Å². The molecule has 0 saturated carbocycles. The third kappa shape index (κ3) is 2.30. The van der Waals surface area contributed by atoms with Crippen molar-refractivity contribution in [1.29, 1.82) is 0 Å². The summed E-state index contributed by atoms with van der Waals surface area (Å²) >= 11 is 0. The maximum absolute atomic E-state index is 5.76. The summed E-state index contributed by atoms with van der Waals surface area (Å²) < 4.78 is 0. The van der Waals surface area contributed by atoms with E-state index in [-0.39, 0.29) is 0 Å². The van der Waals surface area contributed by atoms with Crippen LogP contribution in [0.2, 0.25) is 0 Å². The molecule has 1 aliphatic carbocycles. The minimum absolute atomic E-state index is 0.507. The predicted octanol–water partition coefficient (Wildman–Crippen LogP) is 1.19. The quantitative estimate of drug-likeness (QED) is 0.511. The predicted molar refractivity (Wildman–Crippen MR) is 63.6 cm³/mol. The van der Waals surface area contributed by atoms with Gasteiger partial charge in [-0.1, -0.05) is 6.07 Å². The maximum Gasteiger partial charge on any atom is 0.0326 e. The number of nitrogens with two attached hydrogens (primary N) is 2. The first-order chi connectivity index (χ1) is 7.31. The molecule has 0 saturated heterocycles. The van der Waals surface area contributed by atoms with Crippen LogP contribution in [-0.2, 0) is 6.42 Å². The lowest BCUT2D eigenvalue weighted by Crippen LogP contribution is -2.22. The Morgan fingerprint density at radius 1 is 1.40 bits per heavy atom. The molecular formula is C12H19N3. The Kier molecular flexibility index (Phi) is 3.23. The number of nitrogens with one attached hydrogen (secondary N) is 1. The highest BCUT2D eigenvalue weighted by Gasteiger charge is 2.21. The minimum Gasteiger partial charge on any atom is -0.399 e. The van der Waals surface area contributed by atoms with Crippen LogP contribution in [0, 0.1) is 0 Å². The maximum atomic E-state index is 5.76. The van der Waals surface area contributed by atoms with Gasteiger partial charge in [0.05, 0.1) is 0 Å².